The number of nitrogens with one attached hydrogen (secondary N) is 1. The summed E-state index contributed by atoms with van der Waals surface area (Å²) in [6.45, 7) is 5.89. The Hall–Kier alpha value is -1.32. The van der Waals surface area contributed by atoms with E-state index >= 15 is 0 Å². The van der Waals surface area contributed by atoms with Gasteiger partial charge in [-0.15, -0.1) is 0 Å². The van der Waals surface area contributed by atoms with Crippen molar-refractivity contribution in [3.05, 3.63) is 22.7 Å². The van der Waals surface area contributed by atoms with Crippen LogP contribution in [0.4, 0.5) is 5.82 Å². The summed E-state index contributed by atoms with van der Waals surface area (Å²) in [4.78, 5) is 16.1. The fourth-order valence-corrected chi connectivity index (χ4v) is 2.10. The van der Waals surface area contributed by atoms with Gasteiger partial charge in [-0.1, -0.05) is 46.0 Å². The van der Waals surface area contributed by atoms with Crippen LogP contribution in [0, 0.1) is 0 Å². The lowest BCUT2D eigenvalue weighted by Gasteiger charge is -2.08. The van der Waals surface area contributed by atoms with Gasteiger partial charge < -0.3 is 9.88 Å². The fraction of sp³-hybridized carbons (Fsp3) is 0.733. The molecule has 0 fully saturated rings. The lowest BCUT2D eigenvalue weighted by atomic mass is 10.1. The molecule has 1 heterocycles. The number of aryl methyl sites for hydroxylation is 1. The van der Waals surface area contributed by atoms with Gasteiger partial charge in [-0.25, -0.2) is 4.98 Å². The maximum atomic E-state index is 12.0. The van der Waals surface area contributed by atoms with Gasteiger partial charge in [0.15, 0.2) is 5.82 Å². The van der Waals surface area contributed by atoms with Gasteiger partial charge in [-0.2, -0.15) is 0 Å². The van der Waals surface area contributed by atoms with Gasteiger partial charge >= 0.3 is 0 Å². The summed E-state index contributed by atoms with van der Waals surface area (Å²) in [6, 6.07) is 0. The zero-order valence-electron chi connectivity index (χ0n) is 12.3. The molecule has 1 N–H and O–H groups in total. The lowest BCUT2D eigenvalue weighted by molar-refractivity contribution is 0.615. The van der Waals surface area contributed by atoms with E-state index in [0.717, 1.165) is 25.9 Å². The van der Waals surface area contributed by atoms with Crippen molar-refractivity contribution in [2.24, 2.45) is 0 Å². The van der Waals surface area contributed by atoms with Gasteiger partial charge in [0.05, 0.1) is 0 Å². The highest BCUT2D eigenvalue weighted by atomic mass is 16.1. The van der Waals surface area contributed by atoms with Gasteiger partial charge in [-0.3, -0.25) is 4.79 Å². The van der Waals surface area contributed by atoms with E-state index < -0.39 is 0 Å². The molecule has 0 spiro atoms. The summed E-state index contributed by atoms with van der Waals surface area (Å²) in [5, 5.41) is 3.16. The molecule has 0 aliphatic heterocycles. The second-order valence-corrected chi connectivity index (χ2v) is 4.97. The van der Waals surface area contributed by atoms with Crippen molar-refractivity contribution in [1.29, 1.82) is 0 Å². The SMILES string of the molecule is CCCCCCCCNc1nccn(CCC)c1=O. The molecule has 0 unspecified atom stereocenters. The quantitative estimate of drug-likeness (QED) is 0.659. The van der Waals surface area contributed by atoms with Crippen LogP contribution >= 0.6 is 0 Å². The molecule has 0 aliphatic carbocycles. The number of rotatable bonds is 10. The molecule has 19 heavy (non-hydrogen) atoms. The van der Waals surface area contributed by atoms with E-state index in [9.17, 15) is 4.79 Å². The molecule has 1 aromatic rings. The number of nitrogens with zero attached hydrogens (tertiary/aromatic N) is 2. The van der Waals surface area contributed by atoms with Crippen molar-refractivity contribution in [2.45, 2.75) is 65.3 Å². The van der Waals surface area contributed by atoms with Crippen LogP contribution in [0.25, 0.3) is 0 Å². The van der Waals surface area contributed by atoms with Crippen LogP contribution in [-0.4, -0.2) is 16.1 Å². The van der Waals surface area contributed by atoms with E-state index in [1.165, 1.54) is 32.1 Å². The zero-order chi connectivity index (χ0) is 13.9. The standard InChI is InChI=1S/C15H27N3O/c1-3-5-6-7-8-9-10-16-14-15(19)18(12-4-2)13-11-17-14/h11,13H,3-10,12H2,1-2H3,(H,16,17). The molecule has 0 atom stereocenters. The van der Waals surface area contributed by atoms with Crippen molar-refractivity contribution in [1.82, 2.24) is 9.55 Å². The van der Waals surface area contributed by atoms with Gasteiger partial charge in [-0.05, 0) is 12.8 Å². The van der Waals surface area contributed by atoms with E-state index in [4.69, 9.17) is 0 Å². The van der Waals surface area contributed by atoms with E-state index in [-0.39, 0.29) is 5.56 Å². The second kappa shape index (κ2) is 9.59. The first-order chi connectivity index (χ1) is 9.29. The van der Waals surface area contributed by atoms with Crippen molar-refractivity contribution >= 4 is 5.82 Å². The maximum absolute atomic E-state index is 12.0. The summed E-state index contributed by atoms with van der Waals surface area (Å²) < 4.78 is 1.72. The van der Waals surface area contributed by atoms with E-state index in [1.807, 2.05) is 0 Å². The minimum Gasteiger partial charge on any atom is -0.365 e. The van der Waals surface area contributed by atoms with Crippen LogP contribution in [0.5, 0.6) is 0 Å². The largest absolute Gasteiger partial charge is 0.365 e. The Kier molecular flexibility index (Phi) is 7.94. The van der Waals surface area contributed by atoms with Crippen LogP contribution in [0.3, 0.4) is 0 Å². The lowest BCUT2D eigenvalue weighted by Crippen LogP contribution is -2.24. The van der Waals surface area contributed by atoms with Crippen molar-refractivity contribution in [3.63, 3.8) is 0 Å². The molecule has 1 rings (SSSR count). The minimum atomic E-state index is -0.00432. The number of aromatic nitrogens is 2. The molecule has 108 valence electrons. The summed E-state index contributed by atoms with van der Waals surface area (Å²) in [5.41, 5.74) is -0.00432. The molecule has 0 saturated carbocycles. The molecule has 4 nitrogen and oxygen atoms in total. The summed E-state index contributed by atoms with van der Waals surface area (Å²) in [5.74, 6) is 0.490. The maximum Gasteiger partial charge on any atom is 0.293 e. The van der Waals surface area contributed by atoms with Crippen LogP contribution < -0.4 is 10.9 Å². The first kappa shape index (κ1) is 15.7. The van der Waals surface area contributed by atoms with E-state index in [0.29, 0.717) is 5.82 Å². The van der Waals surface area contributed by atoms with Crippen LogP contribution in [0.15, 0.2) is 17.2 Å². The third kappa shape index (κ3) is 5.90. The average Bonchev–Trinajstić information content (AvgIpc) is 2.42. The Morgan fingerprint density at radius 1 is 1.11 bits per heavy atom. The molecule has 0 aliphatic rings. The highest BCUT2D eigenvalue weighted by Gasteiger charge is 2.02. The normalized spacial score (nSPS) is 10.6. The first-order valence-corrected chi connectivity index (χ1v) is 7.59. The minimum absolute atomic E-state index is 0.00432. The van der Waals surface area contributed by atoms with Gasteiger partial charge in [0.2, 0.25) is 0 Å². The summed E-state index contributed by atoms with van der Waals surface area (Å²) in [6.07, 6.45) is 12.0. The molecule has 0 aromatic carbocycles. The Balaban J connectivity index is 2.29. The van der Waals surface area contributed by atoms with Gasteiger partial charge in [0.1, 0.15) is 0 Å². The molecule has 0 bridgehead atoms. The van der Waals surface area contributed by atoms with Crippen LogP contribution in [0.1, 0.15) is 58.8 Å². The van der Waals surface area contributed by atoms with Crippen molar-refractivity contribution in [3.8, 4) is 0 Å². The van der Waals surface area contributed by atoms with Crippen LogP contribution in [0.2, 0.25) is 0 Å². The number of hydrogen-bond donors (Lipinski definition) is 1. The van der Waals surface area contributed by atoms with Gasteiger partial charge in [0.25, 0.3) is 5.56 Å². The van der Waals surface area contributed by atoms with Crippen molar-refractivity contribution in [2.75, 3.05) is 11.9 Å². The molecule has 0 saturated heterocycles. The Morgan fingerprint density at radius 2 is 1.84 bits per heavy atom. The third-order valence-electron chi connectivity index (χ3n) is 3.20. The number of unbranched alkanes of at least 4 members (excludes halogenated alkanes) is 5. The van der Waals surface area contributed by atoms with Gasteiger partial charge in [0, 0.05) is 25.5 Å². The Morgan fingerprint density at radius 3 is 2.58 bits per heavy atom. The zero-order valence-corrected chi connectivity index (χ0v) is 12.3. The molecule has 0 radical (unpaired) electrons. The Labute approximate surface area is 116 Å². The highest BCUT2D eigenvalue weighted by molar-refractivity contribution is 5.30. The summed E-state index contributed by atoms with van der Waals surface area (Å²) >= 11 is 0. The van der Waals surface area contributed by atoms with Crippen LogP contribution in [-0.2, 0) is 6.54 Å². The summed E-state index contributed by atoms with van der Waals surface area (Å²) in [7, 11) is 0. The number of anilines is 1. The predicted molar refractivity (Wildman–Crippen MR) is 80.7 cm³/mol. The fourth-order valence-electron chi connectivity index (χ4n) is 2.10. The smallest absolute Gasteiger partial charge is 0.293 e. The second-order valence-electron chi connectivity index (χ2n) is 4.97. The third-order valence-corrected chi connectivity index (χ3v) is 3.20. The molecule has 1 aromatic heterocycles. The molecular formula is C15H27N3O. The highest BCUT2D eigenvalue weighted by Crippen LogP contribution is 2.05. The first-order valence-electron chi connectivity index (χ1n) is 7.59. The van der Waals surface area contributed by atoms with Crippen molar-refractivity contribution < 1.29 is 0 Å². The van der Waals surface area contributed by atoms with E-state index in [1.54, 1.807) is 17.0 Å². The molecular weight excluding hydrogens is 238 g/mol. The predicted octanol–water partition coefficient (Wildman–Crippen LogP) is 3.43. The Bertz CT molecular complexity index is 401. The molecule has 4 heteroatoms. The molecule has 0 amide bonds. The van der Waals surface area contributed by atoms with E-state index in [2.05, 4.69) is 24.1 Å². The number of hydrogen-bond acceptors (Lipinski definition) is 3. The average molecular weight is 265 g/mol. The topological polar surface area (TPSA) is 46.9 Å². The monoisotopic (exact) mass is 265 g/mol.